The Balaban J connectivity index is 4.06. The minimum absolute atomic E-state index is 0.108. The van der Waals surface area contributed by atoms with Crippen LogP contribution in [0.2, 0.25) is 0 Å². The second-order valence-electron chi connectivity index (χ2n) is 16.0. The smallest absolute Gasteiger partial charge is 0.169 e. The molecule has 0 aliphatic heterocycles. The first kappa shape index (κ1) is 42.3. The van der Waals surface area contributed by atoms with Gasteiger partial charge in [0.05, 0.1) is 21.7 Å². The van der Waals surface area contributed by atoms with Gasteiger partial charge in [-0.3, -0.25) is 38.4 Å². The summed E-state index contributed by atoms with van der Waals surface area (Å²) in [5.74, 6) is -5.81. The van der Waals surface area contributed by atoms with Gasteiger partial charge in [0.1, 0.15) is 0 Å². The van der Waals surface area contributed by atoms with Crippen LogP contribution in [0, 0.1) is 45.3 Å². The number of carbonyl (C=O) groups is 8. The quantitative estimate of drug-likeness (QED) is 0.253. The van der Waals surface area contributed by atoms with Crippen molar-refractivity contribution in [1.82, 2.24) is 0 Å². The summed E-state index contributed by atoms with van der Waals surface area (Å²) in [7, 11) is 0. The number of allylic oxidation sites excluding steroid dienone is 8. The van der Waals surface area contributed by atoms with E-state index in [2.05, 4.69) is 0 Å². The maximum absolute atomic E-state index is 13.6. The molecule has 8 heteroatoms. The second-order valence-corrected chi connectivity index (χ2v) is 16.0. The minimum atomic E-state index is -1.64. The molecule has 1 rings (SSSR count). The average molecular weight is 665 g/mol. The third-order valence-corrected chi connectivity index (χ3v) is 9.16. The fourth-order valence-corrected chi connectivity index (χ4v) is 6.63. The number of ketones is 8. The van der Waals surface area contributed by atoms with Gasteiger partial charge >= 0.3 is 0 Å². The van der Waals surface area contributed by atoms with Crippen LogP contribution in [-0.2, 0) is 38.4 Å². The summed E-state index contributed by atoms with van der Waals surface area (Å²) in [6, 6.07) is 0. The van der Waals surface area contributed by atoms with E-state index in [9.17, 15) is 38.4 Å². The zero-order valence-corrected chi connectivity index (χ0v) is 31.0. The molecule has 0 N–H and O–H groups in total. The van der Waals surface area contributed by atoms with Crippen LogP contribution < -0.4 is 0 Å². The molecule has 0 aromatic carbocycles. The first-order chi connectivity index (χ1) is 21.9. The van der Waals surface area contributed by atoms with Gasteiger partial charge in [0, 0.05) is 0 Å². The fraction of sp³-hybridized carbons (Fsp3) is 0.600. The van der Waals surface area contributed by atoms with E-state index in [-0.39, 0.29) is 49.4 Å². The zero-order chi connectivity index (χ0) is 37.4. The normalized spacial score (nSPS) is 31.7. The van der Waals surface area contributed by atoms with Gasteiger partial charge in [-0.05, 0) is 126 Å². The van der Waals surface area contributed by atoms with Crippen molar-refractivity contribution in [3.63, 3.8) is 0 Å². The molecule has 0 amide bonds. The Morgan fingerprint density at radius 2 is 0.417 bits per heavy atom. The van der Waals surface area contributed by atoms with Gasteiger partial charge in [-0.2, -0.15) is 0 Å². The van der Waals surface area contributed by atoms with Gasteiger partial charge in [0.25, 0.3) is 0 Å². The van der Waals surface area contributed by atoms with Crippen LogP contribution in [0.4, 0.5) is 0 Å². The summed E-state index contributed by atoms with van der Waals surface area (Å²) in [6.45, 7) is 20.4. The van der Waals surface area contributed by atoms with Crippen molar-refractivity contribution in [2.45, 2.75) is 109 Å². The summed E-state index contributed by atoms with van der Waals surface area (Å²) in [5.41, 5.74) is -6.56. The van der Waals surface area contributed by atoms with E-state index in [1.165, 1.54) is 27.7 Å². The molecular formula is C40H56O8. The topological polar surface area (TPSA) is 137 Å². The molecule has 0 bridgehead atoms. The lowest BCUT2D eigenvalue weighted by molar-refractivity contribution is -0.138. The maximum atomic E-state index is 13.6. The summed E-state index contributed by atoms with van der Waals surface area (Å²) in [5, 5.41) is 0. The Morgan fingerprint density at radius 1 is 0.312 bits per heavy atom. The Kier molecular flexibility index (Phi) is 14.7. The van der Waals surface area contributed by atoms with Crippen molar-refractivity contribution >= 4 is 46.3 Å². The molecular weight excluding hydrogens is 608 g/mol. The van der Waals surface area contributed by atoms with E-state index >= 15 is 0 Å². The van der Waals surface area contributed by atoms with Crippen LogP contribution in [0.5, 0.6) is 0 Å². The Morgan fingerprint density at radius 3 is 0.500 bits per heavy atom. The van der Waals surface area contributed by atoms with E-state index in [1.54, 1.807) is 0 Å². The van der Waals surface area contributed by atoms with Crippen LogP contribution in [0.15, 0.2) is 48.6 Å². The predicted octanol–water partition coefficient (Wildman–Crippen LogP) is 6.99. The molecule has 0 radical (unpaired) electrons. The highest BCUT2D eigenvalue weighted by Crippen LogP contribution is 2.35. The molecule has 0 fully saturated rings. The van der Waals surface area contributed by atoms with E-state index in [0.29, 0.717) is 0 Å². The monoisotopic (exact) mass is 664 g/mol. The largest absolute Gasteiger partial charge is 0.294 e. The molecule has 0 aromatic heterocycles. The molecule has 48 heavy (non-hydrogen) atoms. The number of hydrogen-bond donors (Lipinski definition) is 0. The zero-order valence-electron chi connectivity index (χ0n) is 31.0. The lowest BCUT2D eigenvalue weighted by Gasteiger charge is -2.29. The van der Waals surface area contributed by atoms with Crippen LogP contribution in [0.1, 0.15) is 109 Å². The van der Waals surface area contributed by atoms with Crippen LogP contribution in [0.25, 0.3) is 0 Å². The third kappa shape index (κ3) is 10.2. The molecule has 1 aliphatic rings. The van der Waals surface area contributed by atoms with E-state index in [0.717, 1.165) is 48.6 Å². The lowest BCUT2D eigenvalue weighted by Crippen LogP contribution is -2.39. The molecule has 0 heterocycles. The third-order valence-electron chi connectivity index (χ3n) is 9.16. The standard InChI is InChI=1S/C40H56O8/c1-25(2)21-37(9)29(41)13-15-31(43)38(10,22-26(3)4)33(45)17-19-35(47)40(12,24-28(7)8)36(48)20-18-34(46)39(11,23-27(5)6)32(44)16-14-30(37)42/h13-20,25-28H,21-24H2,1-12H3/b15-13-,16-14-,19-17-,20-18-. The van der Waals surface area contributed by atoms with E-state index < -0.39 is 67.9 Å². The second kappa shape index (κ2) is 16.6. The van der Waals surface area contributed by atoms with Crippen molar-refractivity contribution in [3.8, 4) is 0 Å². The highest BCUT2D eigenvalue weighted by molar-refractivity contribution is 6.23. The highest BCUT2D eigenvalue weighted by Gasteiger charge is 2.44. The van der Waals surface area contributed by atoms with E-state index in [4.69, 9.17) is 0 Å². The minimum Gasteiger partial charge on any atom is -0.294 e. The predicted molar refractivity (Wildman–Crippen MR) is 187 cm³/mol. The van der Waals surface area contributed by atoms with Gasteiger partial charge in [-0.1, -0.05) is 55.4 Å². The molecule has 0 aromatic rings. The van der Waals surface area contributed by atoms with Crippen LogP contribution >= 0.6 is 0 Å². The molecule has 0 spiro atoms. The van der Waals surface area contributed by atoms with Crippen molar-refractivity contribution in [2.24, 2.45) is 45.3 Å². The average Bonchev–Trinajstić information content (AvgIpc) is 2.96. The highest BCUT2D eigenvalue weighted by atomic mass is 16.2. The van der Waals surface area contributed by atoms with Crippen molar-refractivity contribution in [3.05, 3.63) is 48.6 Å². The molecule has 8 nitrogen and oxygen atoms in total. The molecule has 1 aliphatic carbocycles. The van der Waals surface area contributed by atoms with Crippen molar-refractivity contribution in [1.29, 1.82) is 0 Å². The number of hydrogen-bond acceptors (Lipinski definition) is 8. The first-order valence-corrected chi connectivity index (χ1v) is 16.9. The van der Waals surface area contributed by atoms with Gasteiger partial charge in [-0.15, -0.1) is 0 Å². The SMILES string of the molecule is CC(C)CC1(C)C(=O)/C=C\C(=O)C(C)(CC(C)C)C(=O)/C=C\C(=O)C(C)(CC(C)C)C(=O)/C=C\C(=O)C(C)(CC(C)C)C(=O)/C=C\C1=O. The molecule has 0 unspecified atom stereocenters. The van der Waals surface area contributed by atoms with Crippen LogP contribution in [0.3, 0.4) is 0 Å². The van der Waals surface area contributed by atoms with Crippen molar-refractivity contribution in [2.75, 3.05) is 0 Å². The molecule has 0 saturated heterocycles. The number of rotatable bonds is 8. The lowest BCUT2D eigenvalue weighted by atomic mass is 9.71. The molecule has 0 atom stereocenters. The Bertz CT molecular complexity index is 1140. The summed E-state index contributed by atoms with van der Waals surface area (Å²) in [6.07, 6.45) is 8.49. The fourth-order valence-electron chi connectivity index (χ4n) is 6.63. The van der Waals surface area contributed by atoms with Gasteiger partial charge < -0.3 is 0 Å². The summed E-state index contributed by atoms with van der Waals surface area (Å²) in [4.78, 5) is 109. The van der Waals surface area contributed by atoms with Crippen molar-refractivity contribution < 1.29 is 38.4 Å². The molecule has 0 saturated carbocycles. The Labute approximate surface area is 286 Å². The van der Waals surface area contributed by atoms with Gasteiger partial charge in [0.15, 0.2) is 46.3 Å². The molecule has 264 valence electrons. The Hall–Kier alpha value is -3.68. The van der Waals surface area contributed by atoms with E-state index in [1.807, 2.05) is 55.4 Å². The maximum Gasteiger partial charge on any atom is 0.169 e. The van der Waals surface area contributed by atoms with Gasteiger partial charge in [0.2, 0.25) is 0 Å². The summed E-state index contributed by atoms with van der Waals surface area (Å²) < 4.78 is 0. The first-order valence-electron chi connectivity index (χ1n) is 16.9. The summed E-state index contributed by atoms with van der Waals surface area (Å²) >= 11 is 0. The van der Waals surface area contributed by atoms with Crippen LogP contribution in [-0.4, -0.2) is 46.3 Å². The number of carbonyl (C=O) groups excluding carboxylic acids is 8. The van der Waals surface area contributed by atoms with Gasteiger partial charge in [-0.25, -0.2) is 0 Å².